The van der Waals surface area contributed by atoms with Crippen LogP contribution in [0, 0.1) is 13.8 Å². The molecule has 0 aliphatic heterocycles. The first-order valence-corrected chi connectivity index (χ1v) is 10.4. The van der Waals surface area contributed by atoms with Gasteiger partial charge in [-0.15, -0.1) is 0 Å². The van der Waals surface area contributed by atoms with Crippen molar-refractivity contribution in [3.05, 3.63) is 53.3 Å². The average molecular weight is 413 g/mol. The predicted octanol–water partition coefficient (Wildman–Crippen LogP) is 3.31. The number of nitrogens with zero attached hydrogens (tertiary/aromatic N) is 3. The highest BCUT2D eigenvalue weighted by Gasteiger charge is 2.34. The van der Waals surface area contributed by atoms with Gasteiger partial charge in [0.05, 0.1) is 13.2 Å². The largest absolute Gasteiger partial charge is 0.383 e. The Labute approximate surface area is 178 Å². The number of hydrogen-bond donors (Lipinski definition) is 1. The number of para-hydroxylation sites is 1. The van der Waals surface area contributed by atoms with Gasteiger partial charge in [-0.3, -0.25) is 4.79 Å². The van der Waals surface area contributed by atoms with Gasteiger partial charge in [0.25, 0.3) is 0 Å². The molecule has 162 valence electrons. The van der Waals surface area contributed by atoms with Gasteiger partial charge in [-0.05, 0) is 49.9 Å². The van der Waals surface area contributed by atoms with Gasteiger partial charge < -0.3 is 24.4 Å². The molecule has 0 spiro atoms. The van der Waals surface area contributed by atoms with Crippen LogP contribution >= 0.6 is 0 Å². The second-order valence-electron chi connectivity index (χ2n) is 7.97. The Morgan fingerprint density at radius 2 is 1.87 bits per heavy atom. The summed E-state index contributed by atoms with van der Waals surface area (Å²) >= 11 is 0. The minimum absolute atomic E-state index is 0.0288. The van der Waals surface area contributed by atoms with Gasteiger partial charge >= 0.3 is 6.03 Å². The zero-order valence-electron chi connectivity index (χ0n) is 18.4. The van der Waals surface area contributed by atoms with Crippen molar-refractivity contribution >= 4 is 17.6 Å². The Morgan fingerprint density at radius 3 is 2.43 bits per heavy atom. The molecule has 1 aromatic heterocycles. The van der Waals surface area contributed by atoms with E-state index >= 15 is 0 Å². The van der Waals surface area contributed by atoms with Crippen molar-refractivity contribution in [3.8, 4) is 0 Å². The Bertz CT molecular complexity index is 868. The van der Waals surface area contributed by atoms with Gasteiger partial charge in [0, 0.05) is 44.3 Å². The van der Waals surface area contributed by atoms with Gasteiger partial charge in [0.2, 0.25) is 5.91 Å². The number of urea groups is 1. The fraction of sp³-hybridized carbons (Fsp3) is 0.478. The van der Waals surface area contributed by atoms with Crippen molar-refractivity contribution in [2.24, 2.45) is 7.05 Å². The Kier molecular flexibility index (Phi) is 7.15. The first-order chi connectivity index (χ1) is 14.4. The molecular weight excluding hydrogens is 380 g/mol. The van der Waals surface area contributed by atoms with E-state index in [-0.39, 0.29) is 24.5 Å². The lowest BCUT2D eigenvalue weighted by Gasteiger charge is -2.28. The summed E-state index contributed by atoms with van der Waals surface area (Å²) in [5, 5.41) is 2.99. The van der Waals surface area contributed by atoms with E-state index in [1.165, 1.54) is 4.90 Å². The molecule has 0 radical (unpaired) electrons. The molecule has 3 amide bonds. The summed E-state index contributed by atoms with van der Waals surface area (Å²) in [4.78, 5) is 29.6. The summed E-state index contributed by atoms with van der Waals surface area (Å²) in [6.07, 6.45) is 4.01. The molecule has 3 rings (SSSR count). The van der Waals surface area contributed by atoms with Crippen molar-refractivity contribution < 1.29 is 14.3 Å². The fourth-order valence-electron chi connectivity index (χ4n) is 3.55. The maximum absolute atomic E-state index is 13.2. The number of nitrogens with one attached hydrogen (secondary N) is 1. The van der Waals surface area contributed by atoms with Crippen LogP contribution in [0.4, 0.5) is 10.5 Å². The van der Waals surface area contributed by atoms with Crippen LogP contribution in [0.3, 0.4) is 0 Å². The molecule has 1 N–H and O–H groups in total. The number of anilines is 1. The van der Waals surface area contributed by atoms with E-state index in [0.717, 1.165) is 35.3 Å². The number of aryl methyl sites for hydroxylation is 3. The SMILES string of the molecule is COCCN(CC(=O)N(Cc1cccn1C)C1CC1)C(=O)Nc1c(C)cccc1C. The summed E-state index contributed by atoms with van der Waals surface area (Å²) in [6, 6.07) is 9.87. The molecule has 1 aliphatic carbocycles. The molecule has 1 aromatic carbocycles. The molecule has 1 saturated carbocycles. The van der Waals surface area contributed by atoms with E-state index in [9.17, 15) is 9.59 Å². The van der Waals surface area contributed by atoms with E-state index in [1.54, 1.807) is 7.11 Å². The molecule has 7 heteroatoms. The molecular formula is C23H32N4O3. The molecule has 0 atom stereocenters. The topological polar surface area (TPSA) is 66.8 Å². The molecule has 7 nitrogen and oxygen atoms in total. The normalized spacial score (nSPS) is 13.2. The van der Waals surface area contributed by atoms with Crippen molar-refractivity contribution in [1.29, 1.82) is 0 Å². The third-order valence-corrected chi connectivity index (χ3v) is 5.58. The summed E-state index contributed by atoms with van der Waals surface area (Å²) in [7, 11) is 3.57. The highest BCUT2D eigenvalue weighted by molar-refractivity contribution is 5.93. The quantitative estimate of drug-likeness (QED) is 0.687. The highest BCUT2D eigenvalue weighted by atomic mass is 16.5. The summed E-state index contributed by atoms with van der Waals surface area (Å²) < 4.78 is 7.20. The number of ether oxygens (including phenoxy) is 1. The van der Waals surface area contributed by atoms with Gasteiger partial charge in [-0.25, -0.2) is 4.79 Å². The summed E-state index contributed by atoms with van der Waals surface area (Å²) in [5.74, 6) is -0.0357. The van der Waals surface area contributed by atoms with Gasteiger partial charge in [0.15, 0.2) is 0 Å². The number of hydrogen-bond acceptors (Lipinski definition) is 3. The van der Waals surface area contributed by atoms with Crippen LogP contribution in [0.2, 0.25) is 0 Å². The number of carbonyl (C=O) groups is 2. The van der Waals surface area contributed by atoms with Crippen LogP contribution in [0.5, 0.6) is 0 Å². The minimum atomic E-state index is -0.285. The number of amides is 3. The Morgan fingerprint density at radius 1 is 1.17 bits per heavy atom. The average Bonchev–Trinajstić information content (AvgIpc) is 3.47. The summed E-state index contributed by atoms with van der Waals surface area (Å²) in [5.41, 5.74) is 3.85. The maximum atomic E-state index is 13.2. The molecule has 2 aromatic rings. The second-order valence-corrected chi connectivity index (χ2v) is 7.97. The third kappa shape index (κ3) is 5.42. The third-order valence-electron chi connectivity index (χ3n) is 5.58. The lowest BCUT2D eigenvalue weighted by molar-refractivity contribution is -0.133. The van der Waals surface area contributed by atoms with Crippen LogP contribution in [-0.4, -0.2) is 59.2 Å². The lowest BCUT2D eigenvalue weighted by Crippen LogP contribution is -2.46. The highest BCUT2D eigenvalue weighted by Crippen LogP contribution is 2.29. The first kappa shape index (κ1) is 21.9. The van der Waals surface area contributed by atoms with E-state index in [4.69, 9.17) is 4.74 Å². The molecule has 0 bridgehead atoms. The molecule has 1 heterocycles. The first-order valence-electron chi connectivity index (χ1n) is 10.4. The Hall–Kier alpha value is -2.80. The second kappa shape index (κ2) is 9.80. The summed E-state index contributed by atoms with van der Waals surface area (Å²) in [6.45, 7) is 5.23. The lowest BCUT2D eigenvalue weighted by atomic mass is 10.1. The van der Waals surface area contributed by atoms with Gasteiger partial charge in [-0.1, -0.05) is 18.2 Å². The number of carbonyl (C=O) groups excluding carboxylic acids is 2. The predicted molar refractivity (Wildman–Crippen MR) is 117 cm³/mol. The van der Waals surface area contributed by atoms with Gasteiger partial charge in [0.1, 0.15) is 6.54 Å². The van der Waals surface area contributed by atoms with Crippen molar-refractivity contribution in [3.63, 3.8) is 0 Å². The van der Waals surface area contributed by atoms with E-state index in [0.29, 0.717) is 19.7 Å². The van der Waals surface area contributed by atoms with Crippen LogP contribution in [0.25, 0.3) is 0 Å². The number of rotatable bonds is 9. The van der Waals surface area contributed by atoms with Crippen LogP contribution in [-0.2, 0) is 23.1 Å². The molecule has 30 heavy (non-hydrogen) atoms. The molecule has 0 saturated heterocycles. The van der Waals surface area contributed by atoms with Crippen molar-refractivity contribution in [2.45, 2.75) is 39.3 Å². The van der Waals surface area contributed by atoms with Crippen molar-refractivity contribution in [1.82, 2.24) is 14.4 Å². The number of aromatic nitrogens is 1. The maximum Gasteiger partial charge on any atom is 0.322 e. The van der Waals surface area contributed by atoms with Crippen LogP contribution in [0.15, 0.2) is 36.5 Å². The van der Waals surface area contributed by atoms with Crippen LogP contribution < -0.4 is 5.32 Å². The van der Waals surface area contributed by atoms with Crippen molar-refractivity contribution in [2.75, 3.05) is 32.1 Å². The molecule has 0 unspecified atom stereocenters. The smallest absolute Gasteiger partial charge is 0.322 e. The van der Waals surface area contributed by atoms with E-state index < -0.39 is 0 Å². The monoisotopic (exact) mass is 412 g/mol. The standard InChI is InChI=1S/C23H32N4O3/c1-17-7-5-8-18(2)22(17)24-23(29)26(13-14-30-4)16-21(28)27(19-10-11-19)15-20-9-6-12-25(20)3/h5-9,12,19H,10-11,13-16H2,1-4H3,(H,24,29). The van der Waals surface area contributed by atoms with E-state index in [1.807, 2.05) is 66.9 Å². The zero-order chi connectivity index (χ0) is 21.7. The molecule has 1 aliphatic rings. The number of methoxy groups -OCH3 is 1. The van der Waals surface area contributed by atoms with Gasteiger partial charge in [-0.2, -0.15) is 0 Å². The number of benzene rings is 1. The van der Waals surface area contributed by atoms with E-state index in [2.05, 4.69) is 5.32 Å². The molecule has 1 fully saturated rings. The fourth-order valence-corrected chi connectivity index (χ4v) is 3.55. The minimum Gasteiger partial charge on any atom is -0.383 e. The van der Waals surface area contributed by atoms with Crippen LogP contribution in [0.1, 0.15) is 29.7 Å². The zero-order valence-corrected chi connectivity index (χ0v) is 18.4. The Balaban J connectivity index is 1.71.